The molecule has 10 heteroatoms. The van der Waals surface area contributed by atoms with Gasteiger partial charge in [0.25, 0.3) is 0 Å². The average Bonchev–Trinajstić information content (AvgIpc) is 3.19. The van der Waals surface area contributed by atoms with Crippen molar-refractivity contribution in [1.29, 1.82) is 0 Å². The lowest BCUT2D eigenvalue weighted by Crippen LogP contribution is -2.59. The molecule has 0 amide bonds. The molecule has 0 aromatic rings. The summed E-state index contributed by atoms with van der Waals surface area (Å²) in [7, 11) is 0. The maximum atomic E-state index is 12.8. The van der Waals surface area contributed by atoms with Crippen molar-refractivity contribution in [2.45, 2.75) is 224 Å². The Kier molecular flexibility index (Phi) is 34.5. The van der Waals surface area contributed by atoms with Gasteiger partial charge in [0.05, 0.1) is 13.2 Å². The van der Waals surface area contributed by atoms with Crippen LogP contribution in [0.4, 0.5) is 0 Å². The quantitative estimate of drug-likeness (QED) is 0.0272. The highest BCUT2D eigenvalue weighted by molar-refractivity contribution is 5.70. The van der Waals surface area contributed by atoms with E-state index in [4.69, 9.17) is 18.9 Å². The maximum absolute atomic E-state index is 12.8. The van der Waals surface area contributed by atoms with E-state index >= 15 is 0 Å². The Bertz CT molecular complexity index is 1010. The smallest absolute Gasteiger partial charge is 0.306 e. The first-order valence-corrected chi connectivity index (χ1v) is 22.6. The molecule has 1 fully saturated rings. The van der Waals surface area contributed by atoms with Gasteiger partial charge in [0.1, 0.15) is 31.0 Å². The molecule has 0 spiro atoms. The highest BCUT2D eigenvalue weighted by Gasteiger charge is 2.44. The summed E-state index contributed by atoms with van der Waals surface area (Å²) in [5, 5.41) is 40.1. The van der Waals surface area contributed by atoms with Crippen molar-refractivity contribution in [1.82, 2.24) is 0 Å². The minimum absolute atomic E-state index is 0.218. The molecule has 1 heterocycles. The molecule has 2 unspecified atom stereocenters. The van der Waals surface area contributed by atoms with Gasteiger partial charge in [0.2, 0.25) is 0 Å². The second-order valence-corrected chi connectivity index (χ2v) is 15.5. The number of esters is 2. The summed E-state index contributed by atoms with van der Waals surface area (Å²) in [4.78, 5) is 25.3. The van der Waals surface area contributed by atoms with Crippen molar-refractivity contribution in [2.24, 2.45) is 0 Å². The third kappa shape index (κ3) is 28.3. The number of aliphatic hydroxyl groups is 4. The van der Waals surface area contributed by atoms with Crippen molar-refractivity contribution < 1.29 is 49.0 Å². The van der Waals surface area contributed by atoms with Crippen LogP contribution in [0.3, 0.4) is 0 Å². The zero-order valence-electron chi connectivity index (χ0n) is 35.4. The minimum atomic E-state index is -1.60. The first-order chi connectivity index (χ1) is 27.3. The Balaban J connectivity index is 2.33. The third-order valence-electron chi connectivity index (χ3n) is 10.2. The molecular formula is C46H82O10. The van der Waals surface area contributed by atoms with Crippen LogP contribution < -0.4 is 0 Å². The van der Waals surface area contributed by atoms with E-state index in [1.807, 2.05) is 0 Å². The van der Waals surface area contributed by atoms with Crippen molar-refractivity contribution >= 4 is 11.9 Å². The number of hydrogen-bond acceptors (Lipinski definition) is 10. The summed E-state index contributed by atoms with van der Waals surface area (Å²) in [5.41, 5.74) is 0. The number of hydrogen-bond donors (Lipinski definition) is 4. The standard InChI is InChI=1S/C46H82O10/c1-3-5-7-9-11-13-15-17-19-20-21-23-24-26-28-30-32-34-41(48)53-37-39(38-54-46-45(52)44(51)43(50)40(36-47)56-46)55-42(49)35-33-31-29-27-25-22-18-16-14-12-10-8-6-4-2/h11,13,16-19,39-40,43-47,50-52H,3-10,12,14-15,20-38H2,1-2H3/b13-11+,18-16+,19-17+/t39-,40-,43+,44?,45?,46-/m0/s1. The Morgan fingerprint density at radius 1 is 0.554 bits per heavy atom. The zero-order chi connectivity index (χ0) is 40.9. The number of allylic oxidation sites excluding steroid dienone is 6. The third-order valence-corrected chi connectivity index (χ3v) is 10.2. The van der Waals surface area contributed by atoms with E-state index in [9.17, 15) is 30.0 Å². The Hall–Kier alpha value is -2.08. The molecule has 56 heavy (non-hydrogen) atoms. The molecule has 0 aliphatic carbocycles. The number of unbranched alkanes of at least 4 members (excludes halogenated alkanes) is 20. The molecule has 0 aromatic carbocycles. The van der Waals surface area contributed by atoms with Crippen LogP contribution in [0.1, 0.15) is 187 Å². The highest BCUT2D eigenvalue weighted by atomic mass is 16.7. The van der Waals surface area contributed by atoms with Gasteiger partial charge in [-0.1, -0.05) is 140 Å². The number of carbonyl (C=O) groups is 2. The van der Waals surface area contributed by atoms with E-state index < -0.39 is 49.4 Å². The van der Waals surface area contributed by atoms with Gasteiger partial charge in [0, 0.05) is 12.8 Å². The van der Waals surface area contributed by atoms with Crippen LogP contribution in [0, 0.1) is 0 Å². The fourth-order valence-corrected chi connectivity index (χ4v) is 6.62. The Morgan fingerprint density at radius 3 is 1.54 bits per heavy atom. The lowest BCUT2D eigenvalue weighted by Gasteiger charge is -2.39. The van der Waals surface area contributed by atoms with E-state index in [-0.39, 0.29) is 32.0 Å². The molecule has 0 saturated carbocycles. The Morgan fingerprint density at radius 2 is 1.00 bits per heavy atom. The first-order valence-electron chi connectivity index (χ1n) is 22.6. The van der Waals surface area contributed by atoms with Gasteiger partial charge in [-0.25, -0.2) is 0 Å². The van der Waals surface area contributed by atoms with Crippen molar-refractivity contribution in [2.75, 3.05) is 19.8 Å². The SMILES string of the molecule is CCCCC/C=C/C/C=C/CCCCCCCCCC(=O)OC[C@@H](CO[C@H]1O[C@@H](CO)[C@@H](O)C(O)C1O)OC(=O)CCCCCCC/C=C/CCCCCCC. The summed E-state index contributed by atoms with van der Waals surface area (Å²) in [5.74, 6) is -0.824. The monoisotopic (exact) mass is 795 g/mol. The molecule has 1 aliphatic rings. The number of rotatable bonds is 37. The van der Waals surface area contributed by atoms with Crippen LogP contribution >= 0.6 is 0 Å². The summed E-state index contributed by atoms with van der Waals surface area (Å²) in [6, 6.07) is 0. The van der Waals surface area contributed by atoms with Crippen LogP contribution in [0.5, 0.6) is 0 Å². The molecule has 4 N–H and O–H groups in total. The number of aliphatic hydroxyl groups excluding tert-OH is 4. The molecule has 326 valence electrons. The predicted molar refractivity (Wildman–Crippen MR) is 224 cm³/mol. The van der Waals surface area contributed by atoms with Crippen molar-refractivity contribution in [3.63, 3.8) is 0 Å². The topological polar surface area (TPSA) is 152 Å². The van der Waals surface area contributed by atoms with Crippen molar-refractivity contribution in [3.05, 3.63) is 36.5 Å². The fraction of sp³-hybridized carbons (Fsp3) is 0.826. The van der Waals surface area contributed by atoms with Crippen LogP contribution in [0.2, 0.25) is 0 Å². The lowest BCUT2D eigenvalue weighted by atomic mass is 9.99. The molecular weight excluding hydrogens is 712 g/mol. The van der Waals surface area contributed by atoms with Gasteiger partial charge in [-0.3, -0.25) is 9.59 Å². The largest absolute Gasteiger partial charge is 0.462 e. The second kappa shape index (κ2) is 37.2. The van der Waals surface area contributed by atoms with Gasteiger partial charge in [0.15, 0.2) is 12.4 Å². The van der Waals surface area contributed by atoms with Crippen LogP contribution in [0.15, 0.2) is 36.5 Å². The second-order valence-electron chi connectivity index (χ2n) is 15.5. The normalized spacial score (nSPS) is 20.7. The maximum Gasteiger partial charge on any atom is 0.306 e. The van der Waals surface area contributed by atoms with Gasteiger partial charge in [-0.05, 0) is 70.6 Å². The summed E-state index contributed by atoms with van der Waals surface area (Å²) < 4.78 is 22.1. The molecule has 1 aliphatic heterocycles. The first kappa shape index (κ1) is 51.9. The summed E-state index contributed by atoms with van der Waals surface area (Å²) in [6.45, 7) is 3.37. The molecule has 10 nitrogen and oxygen atoms in total. The number of carbonyl (C=O) groups excluding carboxylic acids is 2. The van der Waals surface area contributed by atoms with Crippen molar-refractivity contribution in [3.8, 4) is 0 Å². The molecule has 0 radical (unpaired) electrons. The van der Waals surface area contributed by atoms with Gasteiger partial charge < -0.3 is 39.4 Å². The molecule has 1 rings (SSSR count). The number of ether oxygens (including phenoxy) is 4. The molecule has 1 saturated heterocycles. The summed E-state index contributed by atoms with van der Waals surface area (Å²) in [6.07, 6.45) is 34.3. The van der Waals surface area contributed by atoms with E-state index in [0.717, 1.165) is 77.0 Å². The van der Waals surface area contributed by atoms with Gasteiger partial charge in [-0.2, -0.15) is 0 Å². The fourth-order valence-electron chi connectivity index (χ4n) is 6.62. The lowest BCUT2D eigenvalue weighted by molar-refractivity contribution is -0.305. The van der Waals surface area contributed by atoms with E-state index in [1.165, 1.54) is 77.0 Å². The molecule has 0 aromatic heterocycles. The summed E-state index contributed by atoms with van der Waals surface area (Å²) >= 11 is 0. The average molecular weight is 795 g/mol. The van der Waals surface area contributed by atoms with Crippen LogP contribution in [-0.2, 0) is 28.5 Å². The van der Waals surface area contributed by atoms with Crippen LogP contribution in [0.25, 0.3) is 0 Å². The van der Waals surface area contributed by atoms with E-state index in [1.54, 1.807) is 0 Å². The van der Waals surface area contributed by atoms with Gasteiger partial charge >= 0.3 is 11.9 Å². The predicted octanol–water partition coefficient (Wildman–Crippen LogP) is 9.50. The zero-order valence-corrected chi connectivity index (χ0v) is 35.4. The highest BCUT2D eigenvalue weighted by Crippen LogP contribution is 2.22. The minimum Gasteiger partial charge on any atom is -0.462 e. The van der Waals surface area contributed by atoms with E-state index in [0.29, 0.717) is 6.42 Å². The molecule has 0 bridgehead atoms. The molecule has 6 atom stereocenters. The Labute approximate surface area is 340 Å². The van der Waals surface area contributed by atoms with Gasteiger partial charge in [-0.15, -0.1) is 0 Å². The van der Waals surface area contributed by atoms with E-state index in [2.05, 4.69) is 50.3 Å². The van der Waals surface area contributed by atoms with Crippen LogP contribution in [-0.4, -0.2) is 89.0 Å².